The Kier molecular flexibility index (Phi) is 3.16. The highest BCUT2D eigenvalue weighted by Crippen LogP contribution is 2.36. The first-order chi connectivity index (χ1) is 9.58. The number of carbonyl (C=O) groups excluding carboxylic acids is 1. The summed E-state index contributed by atoms with van der Waals surface area (Å²) < 4.78 is 2.05. The lowest BCUT2D eigenvalue weighted by Gasteiger charge is -2.25. The minimum Gasteiger partial charge on any atom is -0.508 e. The van der Waals surface area contributed by atoms with Crippen LogP contribution < -0.4 is 5.73 Å². The van der Waals surface area contributed by atoms with E-state index in [9.17, 15) is 9.90 Å². The molecule has 0 radical (unpaired) electrons. The molecule has 20 heavy (non-hydrogen) atoms. The summed E-state index contributed by atoms with van der Waals surface area (Å²) >= 11 is 0. The molecule has 1 heterocycles. The summed E-state index contributed by atoms with van der Waals surface area (Å²) in [4.78, 5) is 11.8. The molecule has 106 valence electrons. The fourth-order valence-electron chi connectivity index (χ4n) is 3.41. The van der Waals surface area contributed by atoms with Gasteiger partial charge in [-0.3, -0.25) is 4.79 Å². The second-order valence-electron chi connectivity index (χ2n) is 5.75. The maximum absolute atomic E-state index is 11.8. The average molecular weight is 272 g/mol. The number of aromatic hydroxyl groups is 1. The summed E-state index contributed by atoms with van der Waals surface area (Å²) in [5.41, 5.74) is 8.00. The Balaban J connectivity index is 2.25. The van der Waals surface area contributed by atoms with Gasteiger partial charge in [-0.1, -0.05) is 19.3 Å². The van der Waals surface area contributed by atoms with Crippen LogP contribution in [0.1, 0.15) is 54.2 Å². The van der Waals surface area contributed by atoms with Crippen LogP contribution in [-0.4, -0.2) is 15.6 Å². The lowest BCUT2D eigenvalue weighted by Crippen LogP contribution is -2.21. The van der Waals surface area contributed by atoms with Crippen LogP contribution in [0.4, 0.5) is 0 Å². The van der Waals surface area contributed by atoms with Gasteiger partial charge in [0.25, 0.3) is 5.91 Å². The molecule has 4 nitrogen and oxygen atoms in total. The first kappa shape index (κ1) is 13.0. The maximum atomic E-state index is 11.8. The van der Waals surface area contributed by atoms with Crippen molar-refractivity contribution < 1.29 is 9.90 Å². The molecular formula is C16H20N2O2. The van der Waals surface area contributed by atoms with Crippen molar-refractivity contribution in [1.29, 1.82) is 0 Å². The molecule has 0 saturated heterocycles. The van der Waals surface area contributed by atoms with Gasteiger partial charge < -0.3 is 15.4 Å². The second-order valence-corrected chi connectivity index (χ2v) is 5.75. The summed E-state index contributed by atoms with van der Waals surface area (Å²) in [6, 6.07) is 5.63. The molecule has 0 atom stereocenters. The van der Waals surface area contributed by atoms with E-state index in [4.69, 9.17) is 5.73 Å². The molecule has 0 bridgehead atoms. The fourth-order valence-corrected chi connectivity index (χ4v) is 3.41. The summed E-state index contributed by atoms with van der Waals surface area (Å²) in [6.07, 6.45) is 5.75. The summed E-state index contributed by atoms with van der Waals surface area (Å²) in [7, 11) is 0. The largest absolute Gasteiger partial charge is 0.508 e. The molecule has 0 unspecified atom stereocenters. The van der Waals surface area contributed by atoms with Gasteiger partial charge in [0.15, 0.2) is 0 Å². The summed E-state index contributed by atoms with van der Waals surface area (Å²) in [6.45, 7) is 1.94. The normalized spacial score (nSPS) is 16.6. The Morgan fingerprint density at radius 3 is 2.60 bits per heavy atom. The molecule has 3 N–H and O–H groups in total. The Morgan fingerprint density at radius 2 is 1.95 bits per heavy atom. The monoisotopic (exact) mass is 272 g/mol. The van der Waals surface area contributed by atoms with E-state index < -0.39 is 5.91 Å². The average Bonchev–Trinajstić information content (AvgIpc) is 2.79. The Labute approximate surface area is 118 Å². The van der Waals surface area contributed by atoms with Crippen molar-refractivity contribution in [2.24, 2.45) is 5.73 Å². The number of amides is 1. The summed E-state index contributed by atoms with van der Waals surface area (Å²) in [5.74, 6) is -0.160. The zero-order chi connectivity index (χ0) is 14.3. The van der Waals surface area contributed by atoms with Gasteiger partial charge in [-0.05, 0) is 37.5 Å². The van der Waals surface area contributed by atoms with E-state index in [1.807, 2.05) is 17.6 Å². The van der Waals surface area contributed by atoms with E-state index in [2.05, 4.69) is 0 Å². The van der Waals surface area contributed by atoms with E-state index in [1.165, 1.54) is 19.3 Å². The highest BCUT2D eigenvalue weighted by molar-refractivity contribution is 5.99. The first-order valence-electron chi connectivity index (χ1n) is 7.22. The molecule has 1 aliphatic carbocycles. The number of hydrogen-bond donors (Lipinski definition) is 2. The Hall–Kier alpha value is -1.97. The summed E-state index contributed by atoms with van der Waals surface area (Å²) in [5, 5.41) is 10.9. The van der Waals surface area contributed by atoms with Crippen LogP contribution in [0.3, 0.4) is 0 Å². The SMILES string of the molecule is Cc1cc(O)cc2c1cc(C(N)=O)n2C1CCCCC1. The van der Waals surface area contributed by atoms with Crippen LogP contribution >= 0.6 is 0 Å². The van der Waals surface area contributed by atoms with Gasteiger partial charge in [-0.15, -0.1) is 0 Å². The molecule has 1 saturated carbocycles. The minimum atomic E-state index is -0.398. The number of aromatic nitrogens is 1. The van der Waals surface area contributed by atoms with Crippen molar-refractivity contribution in [3.05, 3.63) is 29.5 Å². The molecule has 0 aliphatic heterocycles. The molecule has 4 heteroatoms. The maximum Gasteiger partial charge on any atom is 0.265 e. The number of phenols is 1. The van der Waals surface area contributed by atoms with Gasteiger partial charge in [0.1, 0.15) is 11.4 Å². The Morgan fingerprint density at radius 1 is 1.25 bits per heavy atom. The second kappa shape index (κ2) is 4.85. The fraction of sp³-hybridized carbons (Fsp3) is 0.438. The van der Waals surface area contributed by atoms with Crippen molar-refractivity contribution in [1.82, 2.24) is 4.57 Å². The van der Waals surface area contributed by atoms with Crippen LogP contribution in [0.15, 0.2) is 18.2 Å². The van der Waals surface area contributed by atoms with Crippen molar-refractivity contribution >= 4 is 16.8 Å². The van der Waals surface area contributed by atoms with E-state index in [-0.39, 0.29) is 5.75 Å². The number of benzene rings is 1. The van der Waals surface area contributed by atoms with Crippen molar-refractivity contribution in [2.45, 2.75) is 45.1 Å². The van der Waals surface area contributed by atoms with E-state index >= 15 is 0 Å². The van der Waals surface area contributed by atoms with E-state index in [1.54, 1.807) is 12.1 Å². The van der Waals surface area contributed by atoms with Crippen LogP contribution in [-0.2, 0) is 0 Å². The van der Waals surface area contributed by atoms with E-state index in [0.717, 1.165) is 29.3 Å². The molecule has 1 aromatic carbocycles. The van der Waals surface area contributed by atoms with Gasteiger partial charge in [0.2, 0.25) is 0 Å². The van der Waals surface area contributed by atoms with Crippen LogP contribution in [0, 0.1) is 6.92 Å². The molecule has 0 spiro atoms. The highest BCUT2D eigenvalue weighted by Gasteiger charge is 2.23. The molecule has 1 aliphatic rings. The molecule has 2 aromatic rings. The number of hydrogen-bond acceptors (Lipinski definition) is 2. The number of primary amides is 1. The molecule has 1 aromatic heterocycles. The minimum absolute atomic E-state index is 0.237. The van der Waals surface area contributed by atoms with Crippen LogP contribution in [0.2, 0.25) is 0 Å². The first-order valence-corrected chi connectivity index (χ1v) is 7.22. The zero-order valence-electron chi connectivity index (χ0n) is 11.7. The lowest BCUT2D eigenvalue weighted by molar-refractivity contribution is 0.0988. The van der Waals surface area contributed by atoms with Gasteiger partial charge in [0.05, 0.1) is 5.52 Å². The third-order valence-electron chi connectivity index (χ3n) is 4.34. The molecular weight excluding hydrogens is 252 g/mol. The smallest absolute Gasteiger partial charge is 0.265 e. The van der Waals surface area contributed by atoms with Gasteiger partial charge in [0, 0.05) is 17.5 Å². The topological polar surface area (TPSA) is 68.2 Å². The van der Waals surface area contributed by atoms with Crippen molar-refractivity contribution in [2.75, 3.05) is 0 Å². The van der Waals surface area contributed by atoms with Gasteiger partial charge in [-0.2, -0.15) is 0 Å². The standard InChI is InChI=1S/C16H20N2O2/c1-10-7-12(19)8-14-13(10)9-15(16(17)20)18(14)11-5-3-2-4-6-11/h7-9,11,19H,2-6H2,1H3,(H2,17,20). The predicted molar refractivity (Wildman–Crippen MR) is 79.0 cm³/mol. The highest BCUT2D eigenvalue weighted by atomic mass is 16.3. The molecule has 3 rings (SSSR count). The lowest BCUT2D eigenvalue weighted by atomic mass is 9.95. The number of phenolic OH excluding ortho intramolecular Hbond substituents is 1. The third-order valence-corrected chi connectivity index (χ3v) is 4.34. The van der Waals surface area contributed by atoms with Crippen molar-refractivity contribution in [3.8, 4) is 5.75 Å². The molecule has 1 fully saturated rings. The Bertz CT molecular complexity index is 667. The number of rotatable bonds is 2. The van der Waals surface area contributed by atoms with Crippen LogP contribution in [0.25, 0.3) is 10.9 Å². The number of carbonyl (C=O) groups is 1. The number of nitrogens with two attached hydrogens (primary N) is 1. The predicted octanol–water partition coefficient (Wildman–Crippen LogP) is 3.26. The third kappa shape index (κ3) is 2.05. The van der Waals surface area contributed by atoms with Gasteiger partial charge >= 0.3 is 0 Å². The zero-order valence-corrected chi connectivity index (χ0v) is 11.7. The molecule has 1 amide bonds. The van der Waals surface area contributed by atoms with Crippen LogP contribution in [0.5, 0.6) is 5.75 Å². The van der Waals surface area contributed by atoms with Gasteiger partial charge in [-0.25, -0.2) is 0 Å². The number of fused-ring (bicyclic) bond motifs is 1. The van der Waals surface area contributed by atoms with Crippen molar-refractivity contribution in [3.63, 3.8) is 0 Å². The number of nitrogens with zero attached hydrogens (tertiary/aromatic N) is 1. The number of aryl methyl sites for hydroxylation is 1. The van der Waals surface area contributed by atoms with E-state index in [0.29, 0.717) is 11.7 Å². The quantitative estimate of drug-likeness (QED) is 0.881.